The number of aryl methyl sites for hydroxylation is 1. The normalized spacial score (nSPS) is 14.6. The fraction of sp³-hybridized carbons (Fsp3) is 0.409. The second-order valence-corrected chi connectivity index (χ2v) is 7.16. The summed E-state index contributed by atoms with van der Waals surface area (Å²) in [5, 5.41) is 0. The molecular weight excluding hydrogens is 398 g/mol. The van der Waals surface area contributed by atoms with Gasteiger partial charge in [0.25, 0.3) is 5.91 Å². The second kappa shape index (κ2) is 10.7. The molecule has 7 heteroatoms. The van der Waals surface area contributed by atoms with E-state index in [0.29, 0.717) is 48.5 Å². The van der Waals surface area contributed by atoms with E-state index in [0.717, 1.165) is 19.3 Å². The number of hydrogen-bond donors (Lipinski definition) is 1. The van der Waals surface area contributed by atoms with Gasteiger partial charge in [0.1, 0.15) is 11.6 Å². The molecule has 0 aromatic heterocycles. The van der Waals surface area contributed by atoms with Gasteiger partial charge in [-0.2, -0.15) is 0 Å². The molecule has 1 amide bonds. The van der Waals surface area contributed by atoms with Crippen LogP contribution in [-0.4, -0.2) is 43.2 Å². The van der Waals surface area contributed by atoms with Gasteiger partial charge in [-0.05, 0) is 68.1 Å². The highest BCUT2D eigenvalue weighted by Crippen LogP contribution is 2.28. The predicted octanol–water partition coefficient (Wildman–Crippen LogP) is 4.33. The Bertz CT molecular complexity index is 840. The number of nitrogens with two attached hydrogens (primary N) is 1. The average Bonchev–Trinajstić information content (AvgIpc) is 2.69. The van der Waals surface area contributed by atoms with Gasteiger partial charge in [0.15, 0.2) is 0 Å². The largest absolute Gasteiger partial charge is 0.378 e. The Morgan fingerprint density at radius 2 is 1.83 bits per heavy atom. The first-order valence-electron chi connectivity index (χ1n) is 9.66. The van der Waals surface area contributed by atoms with Crippen LogP contribution in [0, 0.1) is 18.6 Å². The van der Waals surface area contributed by atoms with Crippen molar-refractivity contribution >= 4 is 18.3 Å². The summed E-state index contributed by atoms with van der Waals surface area (Å²) in [6.07, 6.45) is 2.52. The first kappa shape index (κ1) is 23.3. The predicted molar refractivity (Wildman–Crippen MR) is 112 cm³/mol. The summed E-state index contributed by atoms with van der Waals surface area (Å²) in [6, 6.07) is 8.72. The van der Waals surface area contributed by atoms with Crippen LogP contribution < -0.4 is 5.73 Å². The zero-order chi connectivity index (χ0) is 20.1. The van der Waals surface area contributed by atoms with Crippen LogP contribution in [0.5, 0.6) is 0 Å². The number of hydrogen-bond acceptors (Lipinski definition) is 3. The third kappa shape index (κ3) is 5.75. The summed E-state index contributed by atoms with van der Waals surface area (Å²) in [5.74, 6) is -1.02. The fourth-order valence-electron chi connectivity index (χ4n) is 3.54. The van der Waals surface area contributed by atoms with E-state index in [4.69, 9.17) is 10.5 Å². The van der Waals surface area contributed by atoms with E-state index in [1.165, 1.54) is 18.2 Å². The molecule has 1 saturated heterocycles. The Labute approximate surface area is 176 Å². The van der Waals surface area contributed by atoms with Gasteiger partial charge < -0.3 is 15.4 Å². The molecule has 0 saturated carbocycles. The van der Waals surface area contributed by atoms with Gasteiger partial charge in [0.2, 0.25) is 0 Å². The summed E-state index contributed by atoms with van der Waals surface area (Å²) < 4.78 is 33.7. The number of ether oxygens (including phenoxy) is 1. The van der Waals surface area contributed by atoms with E-state index in [2.05, 4.69) is 0 Å². The number of nitrogens with zero attached hydrogens (tertiary/aromatic N) is 1. The second-order valence-electron chi connectivity index (χ2n) is 7.16. The minimum absolute atomic E-state index is 0. The molecule has 1 heterocycles. The number of halogens is 3. The monoisotopic (exact) mass is 424 g/mol. The Morgan fingerprint density at radius 3 is 2.45 bits per heavy atom. The quantitative estimate of drug-likeness (QED) is 0.702. The van der Waals surface area contributed by atoms with Crippen molar-refractivity contribution in [2.24, 2.45) is 5.73 Å². The number of carbonyl (C=O) groups excluding carboxylic acids is 1. The van der Waals surface area contributed by atoms with Crippen LogP contribution in [-0.2, 0) is 4.74 Å². The van der Waals surface area contributed by atoms with Crippen molar-refractivity contribution in [1.82, 2.24) is 4.90 Å². The topological polar surface area (TPSA) is 55.6 Å². The molecule has 0 spiro atoms. The molecule has 1 fully saturated rings. The first-order chi connectivity index (χ1) is 13.5. The maximum absolute atomic E-state index is 14.7. The van der Waals surface area contributed by atoms with E-state index >= 15 is 0 Å². The van der Waals surface area contributed by atoms with Crippen molar-refractivity contribution in [2.45, 2.75) is 32.3 Å². The number of likely N-dealkylation sites (tertiary alicyclic amines) is 1. The van der Waals surface area contributed by atoms with Crippen molar-refractivity contribution in [1.29, 1.82) is 0 Å². The summed E-state index contributed by atoms with van der Waals surface area (Å²) in [5.41, 5.74) is 7.42. The third-order valence-corrected chi connectivity index (χ3v) is 5.13. The van der Waals surface area contributed by atoms with Gasteiger partial charge in [0, 0.05) is 30.8 Å². The third-order valence-electron chi connectivity index (χ3n) is 5.13. The van der Waals surface area contributed by atoms with Crippen LogP contribution in [0.2, 0.25) is 0 Å². The lowest BCUT2D eigenvalue weighted by Gasteiger charge is -2.32. The Hall–Kier alpha value is -2.02. The molecule has 0 atom stereocenters. The number of amides is 1. The number of carbonyl (C=O) groups is 1. The highest BCUT2D eigenvalue weighted by molar-refractivity contribution is 5.95. The standard InChI is InChI=1S/C22H26F2N2O2.ClH/c1-15-13-17(23)4-6-19(15)20-5-3-16(14-21(20)24)22(27)26-10-7-18(8-11-26)28-12-2-9-25;/h3-6,13-14,18H,2,7-12,25H2,1H3;1H. The molecule has 1 aliphatic rings. The molecule has 0 radical (unpaired) electrons. The molecule has 0 aliphatic carbocycles. The number of benzene rings is 2. The van der Waals surface area contributed by atoms with E-state index in [9.17, 15) is 13.6 Å². The number of rotatable bonds is 6. The van der Waals surface area contributed by atoms with Gasteiger partial charge in [-0.15, -0.1) is 12.4 Å². The highest BCUT2D eigenvalue weighted by atomic mass is 35.5. The maximum Gasteiger partial charge on any atom is 0.253 e. The lowest BCUT2D eigenvalue weighted by molar-refractivity contribution is 0.00843. The van der Waals surface area contributed by atoms with Crippen molar-refractivity contribution < 1.29 is 18.3 Å². The summed E-state index contributed by atoms with van der Waals surface area (Å²) in [7, 11) is 0. The van der Waals surface area contributed by atoms with Crippen molar-refractivity contribution in [3.63, 3.8) is 0 Å². The highest BCUT2D eigenvalue weighted by Gasteiger charge is 2.24. The van der Waals surface area contributed by atoms with Gasteiger partial charge in [-0.25, -0.2) is 8.78 Å². The van der Waals surface area contributed by atoms with Gasteiger partial charge in [-0.3, -0.25) is 4.79 Å². The molecule has 0 unspecified atom stereocenters. The average molecular weight is 425 g/mol. The van der Waals surface area contributed by atoms with Crippen molar-refractivity contribution in [3.05, 3.63) is 59.2 Å². The Morgan fingerprint density at radius 1 is 1.14 bits per heavy atom. The number of piperidine rings is 1. The zero-order valence-electron chi connectivity index (χ0n) is 16.5. The molecule has 2 aromatic carbocycles. The Balaban J connectivity index is 0.00000300. The molecule has 2 aromatic rings. The van der Waals surface area contributed by atoms with Gasteiger partial charge >= 0.3 is 0 Å². The zero-order valence-corrected chi connectivity index (χ0v) is 17.3. The molecule has 1 aliphatic heterocycles. The van der Waals surface area contributed by atoms with E-state index < -0.39 is 5.82 Å². The molecule has 29 heavy (non-hydrogen) atoms. The van der Waals surface area contributed by atoms with E-state index in [1.54, 1.807) is 30.0 Å². The minimum atomic E-state index is -0.486. The van der Waals surface area contributed by atoms with Crippen LogP contribution >= 0.6 is 12.4 Å². The van der Waals surface area contributed by atoms with E-state index in [-0.39, 0.29) is 30.2 Å². The smallest absolute Gasteiger partial charge is 0.253 e. The van der Waals surface area contributed by atoms with Crippen LogP contribution in [0.4, 0.5) is 8.78 Å². The molecular formula is C22H27ClF2N2O2. The van der Waals surface area contributed by atoms with Crippen molar-refractivity contribution in [2.75, 3.05) is 26.2 Å². The fourth-order valence-corrected chi connectivity index (χ4v) is 3.54. The van der Waals surface area contributed by atoms with Gasteiger partial charge in [-0.1, -0.05) is 12.1 Å². The molecule has 2 N–H and O–H groups in total. The van der Waals surface area contributed by atoms with E-state index in [1.807, 2.05) is 0 Å². The maximum atomic E-state index is 14.7. The summed E-state index contributed by atoms with van der Waals surface area (Å²) in [4.78, 5) is 14.5. The van der Waals surface area contributed by atoms with Gasteiger partial charge in [0.05, 0.1) is 6.10 Å². The van der Waals surface area contributed by atoms with Crippen LogP contribution in [0.25, 0.3) is 11.1 Å². The van der Waals surface area contributed by atoms with Crippen LogP contribution in [0.15, 0.2) is 36.4 Å². The summed E-state index contributed by atoms with van der Waals surface area (Å²) in [6.45, 7) is 4.16. The molecule has 0 bridgehead atoms. The summed E-state index contributed by atoms with van der Waals surface area (Å²) >= 11 is 0. The van der Waals surface area contributed by atoms with Crippen LogP contribution in [0.1, 0.15) is 35.2 Å². The van der Waals surface area contributed by atoms with Crippen molar-refractivity contribution in [3.8, 4) is 11.1 Å². The van der Waals surface area contributed by atoms with Crippen LogP contribution in [0.3, 0.4) is 0 Å². The lowest BCUT2D eigenvalue weighted by atomic mass is 9.98. The SMILES string of the molecule is Cc1cc(F)ccc1-c1ccc(C(=O)N2CCC(OCCCN)CC2)cc1F.Cl. The Kier molecular flexibility index (Phi) is 8.56. The molecule has 4 nitrogen and oxygen atoms in total. The lowest BCUT2D eigenvalue weighted by Crippen LogP contribution is -2.41. The minimum Gasteiger partial charge on any atom is -0.378 e. The first-order valence-corrected chi connectivity index (χ1v) is 9.66. The molecule has 158 valence electrons. The molecule has 3 rings (SSSR count).